The number of aliphatic hydroxyl groups is 1. The number of ketones is 1. The average molecular weight is 535 g/mol. The summed E-state index contributed by atoms with van der Waals surface area (Å²) in [7, 11) is 0. The van der Waals surface area contributed by atoms with E-state index in [-0.39, 0.29) is 17.4 Å². The largest absolute Gasteiger partial charge is 0.507 e. The summed E-state index contributed by atoms with van der Waals surface area (Å²) >= 11 is 0. The topological polar surface area (TPSA) is 79.3 Å². The predicted octanol–water partition coefficient (Wildman–Crippen LogP) is 5.73. The van der Waals surface area contributed by atoms with Gasteiger partial charge in [-0.15, -0.1) is 0 Å². The van der Waals surface area contributed by atoms with Crippen molar-refractivity contribution in [3.05, 3.63) is 64.7 Å². The van der Waals surface area contributed by atoms with E-state index in [4.69, 9.17) is 9.47 Å². The van der Waals surface area contributed by atoms with Crippen molar-refractivity contribution < 1.29 is 24.2 Å². The smallest absolute Gasteiger partial charge is 0.295 e. The molecule has 2 aromatic rings. The first-order chi connectivity index (χ1) is 18.9. The lowest BCUT2D eigenvalue weighted by Crippen LogP contribution is -2.33. The molecule has 0 unspecified atom stereocenters. The van der Waals surface area contributed by atoms with Crippen LogP contribution in [0.1, 0.15) is 76.1 Å². The molecule has 2 atom stereocenters. The fourth-order valence-electron chi connectivity index (χ4n) is 5.47. The van der Waals surface area contributed by atoms with Crippen molar-refractivity contribution in [3.8, 4) is 11.5 Å². The number of amides is 1. The molecule has 0 aromatic heterocycles. The minimum atomic E-state index is -0.667. The molecule has 4 rings (SSSR count). The van der Waals surface area contributed by atoms with Crippen LogP contribution in [-0.4, -0.2) is 65.5 Å². The van der Waals surface area contributed by atoms with Gasteiger partial charge in [0.05, 0.1) is 18.2 Å². The van der Waals surface area contributed by atoms with Crippen LogP contribution < -0.4 is 9.47 Å². The van der Waals surface area contributed by atoms with E-state index in [2.05, 4.69) is 25.7 Å². The van der Waals surface area contributed by atoms with Gasteiger partial charge in [0.2, 0.25) is 0 Å². The second-order valence-electron chi connectivity index (χ2n) is 10.5. The number of nitrogens with zero attached hydrogens (tertiary/aromatic N) is 2. The lowest BCUT2D eigenvalue weighted by atomic mass is 9.94. The zero-order valence-electron chi connectivity index (χ0n) is 23.7. The lowest BCUT2D eigenvalue weighted by Gasteiger charge is -2.27. The Bertz CT molecular complexity index is 1190. The van der Waals surface area contributed by atoms with Gasteiger partial charge in [-0.3, -0.25) is 9.59 Å². The summed E-state index contributed by atoms with van der Waals surface area (Å²) in [6.45, 7) is 12.2. The molecule has 0 saturated carbocycles. The van der Waals surface area contributed by atoms with Gasteiger partial charge in [-0.05, 0) is 80.9 Å². The molecule has 210 valence electrons. The van der Waals surface area contributed by atoms with Crippen LogP contribution in [0, 0.1) is 0 Å². The number of Topliss-reactive ketones (excluding diaryl/α,β-unsaturated/α-hetero) is 1. The molecule has 2 aromatic carbocycles. The predicted molar refractivity (Wildman–Crippen MR) is 153 cm³/mol. The molecular formula is C32H42N2O5. The van der Waals surface area contributed by atoms with E-state index >= 15 is 0 Å². The number of likely N-dealkylation sites (tertiary alicyclic amines) is 1. The second kappa shape index (κ2) is 13.2. The fourth-order valence-corrected chi connectivity index (χ4v) is 5.47. The van der Waals surface area contributed by atoms with Crippen LogP contribution in [0.25, 0.3) is 5.76 Å². The summed E-state index contributed by atoms with van der Waals surface area (Å²) in [4.78, 5) is 30.6. The molecule has 0 spiro atoms. The highest BCUT2D eigenvalue weighted by Gasteiger charge is 2.46. The number of hydrogen-bond donors (Lipinski definition) is 1. The van der Waals surface area contributed by atoms with Crippen molar-refractivity contribution in [2.24, 2.45) is 0 Å². The number of ether oxygens (including phenoxy) is 2. The maximum atomic E-state index is 13.4. The molecule has 2 aliphatic heterocycles. The van der Waals surface area contributed by atoms with Crippen LogP contribution >= 0.6 is 0 Å². The van der Waals surface area contributed by atoms with Gasteiger partial charge in [-0.2, -0.15) is 0 Å². The van der Waals surface area contributed by atoms with E-state index in [9.17, 15) is 14.7 Å². The van der Waals surface area contributed by atoms with Crippen molar-refractivity contribution in [2.75, 3.05) is 32.8 Å². The molecule has 0 radical (unpaired) electrons. The lowest BCUT2D eigenvalue weighted by molar-refractivity contribution is -0.140. The number of carbonyl (C=O) groups is 2. The zero-order chi connectivity index (χ0) is 27.9. The molecule has 39 heavy (non-hydrogen) atoms. The number of hydrogen-bond acceptors (Lipinski definition) is 6. The van der Waals surface area contributed by atoms with E-state index in [1.165, 1.54) is 0 Å². The van der Waals surface area contributed by atoms with Crippen molar-refractivity contribution >= 4 is 17.4 Å². The Kier molecular flexibility index (Phi) is 9.68. The summed E-state index contributed by atoms with van der Waals surface area (Å²) in [5.74, 6) is 0.180. The normalized spacial score (nSPS) is 20.0. The van der Waals surface area contributed by atoms with Crippen LogP contribution in [0.2, 0.25) is 0 Å². The maximum Gasteiger partial charge on any atom is 0.295 e. The number of aliphatic hydroxyl groups excluding tert-OH is 1. The van der Waals surface area contributed by atoms with Gasteiger partial charge in [-0.25, -0.2) is 0 Å². The highest BCUT2D eigenvalue weighted by Crippen LogP contribution is 2.41. The van der Waals surface area contributed by atoms with Crippen molar-refractivity contribution in [2.45, 2.75) is 71.9 Å². The third-order valence-electron chi connectivity index (χ3n) is 7.69. The molecule has 2 heterocycles. The number of fused-ring (bicyclic) bond motifs is 1. The Hall–Kier alpha value is -3.32. The van der Waals surface area contributed by atoms with E-state index in [0.29, 0.717) is 18.7 Å². The van der Waals surface area contributed by atoms with E-state index in [0.717, 1.165) is 74.4 Å². The molecular weight excluding hydrogens is 492 g/mol. The summed E-state index contributed by atoms with van der Waals surface area (Å²) in [6.07, 6.45) is 4.78. The highest BCUT2D eigenvalue weighted by molar-refractivity contribution is 6.46. The monoisotopic (exact) mass is 534 g/mol. The number of rotatable bonds is 13. The van der Waals surface area contributed by atoms with Gasteiger partial charge in [0.15, 0.2) is 0 Å². The van der Waals surface area contributed by atoms with Crippen LogP contribution in [-0.2, 0) is 16.0 Å². The van der Waals surface area contributed by atoms with Crippen molar-refractivity contribution in [3.63, 3.8) is 0 Å². The Morgan fingerprint density at radius 2 is 1.79 bits per heavy atom. The third-order valence-corrected chi connectivity index (χ3v) is 7.69. The highest BCUT2D eigenvalue weighted by atomic mass is 16.5. The molecule has 0 aliphatic carbocycles. The first-order valence-corrected chi connectivity index (χ1v) is 14.4. The van der Waals surface area contributed by atoms with Gasteiger partial charge in [0.1, 0.15) is 23.4 Å². The minimum absolute atomic E-state index is 0.0662. The minimum Gasteiger partial charge on any atom is -0.507 e. The Morgan fingerprint density at radius 3 is 2.49 bits per heavy atom. The zero-order valence-corrected chi connectivity index (χ0v) is 23.7. The van der Waals surface area contributed by atoms with Crippen LogP contribution in [0.3, 0.4) is 0 Å². The summed E-state index contributed by atoms with van der Waals surface area (Å²) < 4.78 is 11.7. The van der Waals surface area contributed by atoms with Crippen molar-refractivity contribution in [1.29, 1.82) is 0 Å². The van der Waals surface area contributed by atoms with Crippen LogP contribution in [0.15, 0.2) is 48.0 Å². The molecule has 0 bridgehead atoms. The molecule has 1 saturated heterocycles. The Morgan fingerprint density at radius 1 is 1.05 bits per heavy atom. The Labute approximate surface area is 232 Å². The van der Waals surface area contributed by atoms with Crippen molar-refractivity contribution in [1.82, 2.24) is 9.80 Å². The van der Waals surface area contributed by atoms with Gasteiger partial charge < -0.3 is 24.4 Å². The van der Waals surface area contributed by atoms with Gasteiger partial charge in [-0.1, -0.05) is 45.7 Å². The second-order valence-corrected chi connectivity index (χ2v) is 10.5. The van der Waals surface area contributed by atoms with E-state index in [1.54, 1.807) is 11.0 Å². The fraction of sp³-hybridized carbons (Fsp3) is 0.500. The van der Waals surface area contributed by atoms with Gasteiger partial charge in [0.25, 0.3) is 11.7 Å². The number of benzene rings is 2. The van der Waals surface area contributed by atoms with Gasteiger partial charge >= 0.3 is 0 Å². The van der Waals surface area contributed by atoms with Crippen LogP contribution in [0.5, 0.6) is 11.5 Å². The van der Waals surface area contributed by atoms with Crippen LogP contribution in [0.4, 0.5) is 0 Å². The molecule has 1 fully saturated rings. The first kappa shape index (κ1) is 28.7. The molecule has 7 nitrogen and oxygen atoms in total. The van der Waals surface area contributed by atoms with E-state index < -0.39 is 17.7 Å². The number of unbranched alkanes of at least 4 members (excludes halogenated alkanes) is 2. The summed E-state index contributed by atoms with van der Waals surface area (Å²) in [5, 5.41) is 11.5. The Balaban J connectivity index is 1.66. The third kappa shape index (κ3) is 6.47. The average Bonchev–Trinajstić information content (AvgIpc) is 3.44. The maximum absolute atomic E-state index is 13.4. The summed E-state index contributed by atoms with van der Waals surface area (Å²) in [5.41, 5.74) is 2.42. The molecule has 2 aliphatic rings. The van der Waals surface area contributed by atoms with Gasteiger partial charge in [0, 0.05) is 18.5 Å². The SMILES string of the molecule is CCCCCOc1ccc([C@H]2/C(=C(\O)c3ccc4c(c3)C[C@@H](C)O4)C(=O)C(=O)N2CCCN(CC)CC)cc1. The standard InChI is InChI=1S/C32H42N2O5/c1-5-8-9-19-38-26-14-11-23(12-15-26)29-28(30(35)24-13-16-27-25(21-24)20-22(4)39-27)31(36)32(37)34(29)18-10-17-33(6-2)7-3/h11-16,21-22,29,35H,5-10,17-20H2,1-4H3/b30-28+/t22-,29+/m1/s1. The van der Waals surface area contributed by atoms with E-state index in [1.807, 2.05) is 43.3 Å². The summed E-state index contributed by atoms with van der Waals surface area (Å²) in [6, 6.07) is 12.3. The molecule has 7 heteroatoms. The molecule has 1 N–H and O–H groups in total. The molecule has 1 amide bonds. The quantitative estimate of drug-likeness (QED) is 0.153. The number of carbonyl (C=O) groups excluding carboxylic acids is 2. The first-order valence-electron chi connectivity index (χ1n) is 14.4.